The van der Waals surface area contributed by atoms with E-state index >= 15 is 0 Å². The number of nitrogens with one attached hydrogen (secondary N) is 1. The van der Waals surface area contributed by atoms with E-state index in [9.17, 15) is 4.79 Å². The molecule has 7 heteroatoms. The average Bonchev–Trinajstić information content (AvgIpc) is 3.18. The van der Waals surface area contributed by atoms with E-state index in [0.29, 0.717) is 22.9 Å². The van der Waals surface area contributed by atoms with Crippen molar-refractivity contribution in [3.05, 3.63) is 59.8 Å². The molecule has 0 bridgehead atoms. The van der Waals surface area contributed by atoms with Crippen molar-refractivity contribution in [1.82, 2.24) is 4.98 Å². The Morgan fingerprint density at radius 1 is 1.21 bits per heavy atom. The minimum absolute atomic E-state index is 0.197. The number of benzene rings is 2. The van der Waals surface area contributed by atoms with Gasteiger partial charge in [0.25, 0.3) is 5.91 Å². The first-order chi connectivity index (χ1) is 13.6. The van der Waals surface area contributed by atoms with Crippen LogP contribution in [0.1, 0.15) is 18.1 Å². The van der Waals surface area contributed by atoms with Gasteiger partial charge in [-0.1, -0.05) is 11.2 Å². The molecular weight excluding hydrogens is 358 g/mol. The molecule has 3 aromatic rings. The molecule has 1 amide bonds. The molecular formula is C21H19N3O4. The number of ether oxygens (including phenoxy) is 2. The van der Waals surface area contributed by atoms with E-state index in [2.05, 4.69) is 15.5 Å². The number of carbonyl (C=O) groups is 1. The molecule has 7 nitrogen and oxygen atoms in total. The van der Waals surface area contributed by atoms with Crippen LogP contribution in [0, 0.1) is 6.92 Å². The third-order valence-corrected chi connectivity index (χ3v) is 4.43. The highest BCUT2D eigenvalue weighted by molar-refractivity contribution is 6.02. The van der Waals surface area contributed by atoms with Crippen LogP contribution in [-0.4, -0.2) is 30.0 Å². The highest BCUT2D eigenvalue weighted by Gasteiger charge is 2.14. The molecule has 142 valence electrons. The number of rotatable bonds is 5. The van der Waals surface area contributed by atoms with E-state index in [1.165, 1.54) is 0 Å². The summed E-state index contributed by atoms with van der Waals surface area (Å²) < 4.78 is 10.6. The van der Waals surface area contributed by atoms with Crippen molar-refractivity contribution in [2.24, 2.45) is 5.16 Å². The predicted octanol–water partition coefficient (Wildman–Crippen LogP) is 3.65. The number of carbonyl (C=O) groups excluding carboxylic acids is 1. The maximum absolute atomic E-state index is 12.3. The molecule has 0 saturated carbocycles. The van der Waals surface area contributed by atoms with Gasteiger partial charge in [-0.3, -0.25) is 9.78 Å². The lowest BCUT2D eigenvalue weighted by molar-refractivity contribution is -0.120. The van der Waals surface area contributed by atoms with Crippen molar-refractivity contribution < 1.29 is 19.1 Å². The number of nitrogens with zero attached hydrogens (tertiary/aromatic N) is 2. The Balaban J connectivity index is 1.40. The predicted molar refractivity (Wildman–Crippen MR) is 106 cm³/mol. The average molecular weight is 377 g/mol. The Morgan fingerprint density at radius 2 is 2.07 bits per heavy atom. The number of oxime groups is 1. The monoisotopic (exact) mass is 377 g/mol. The fourth-order valence-corrected chi connectivity index (χ4v) is 2.97. The van der Waals surface area contributed by atoms with Gasteiger partial charge in [-0.2, -0.15) is 0 Å². The van der Waals surface area contributed by atoms with Crippen molar-refractivity contribution >= 4 is 28.2 Å². The molecule has 0 fully saturated rings. The van der Waals surface area contributed by atoms with Crippen molar-refractivity contribution in [3.63, 3.8) is 0 Å². The molecule has 0 radical (unpaired) electrons. The van der Waals surface area contributed by atoms with Gasteiger partial charge in [-0.15, -0.1) is 0 Å². The van der Waals surface area contributed by atoms with Gasteiger partial charge < -0.3 is 19.6 Å². The van der Waals surface area contributed by atoms with E-state index in [-0.39, 0.29) is 19.3 Å². The zero-order valence-corrected chi connectivity index (χ0v) is 15.6. The summed E-state index contributed by atoms with van der Waals surface area (Å²) >= 11 is 0. The molecule has 0 aliphatic carbocycles. The maximum Gasteiger partial charge on any atom is 0.265 e. The second kappa shape index (κ2) is 7.56. The molecule has 0 spiro atoms. The van der Waals surface area contributed by atoms with Gasteiger partial charge in [-0.05, 0) is 55.8 Å². The van der Waals surface area contributed by atoms with Crippen LogP contribution in [0.3, 0.4) is 0 Å². The number of amides is 1. The van der Waals surface area contributed by atoms with Crippen LogP contribution in [0.15, 0.2) is 53.8 Å². The fraction of sp³-hybridized carbons (Fsp3) is 0.190. The Labute approximate surface area is 161 Å². The third kappa shape index (κ3) is 3.59. The summed E-state index contributed by atoms with van der Waals surface area (Å²) in [5.74, 6) is 1.08. The van der Waals surface area contributed by atoms with Gasteiger partial charge in [0.15, 0.2) is 18.1 Å². The summed E-state index contributed by atoms with van der Waals surface area (Å²) in [5.41, 5.74) is 4.07. The largest absolute Gasteiger partial charge is 0.454 e. The van der Waals surface area contributed by atoms with Gasteiger partial charge in [-0.25, -0.2) is 0 Å². The molecule has 0 saturated heterocycles. The van der Waals surface area contributed by atoms with Crippen LogP contribution in [0.4, 0.5) is 5.69 Å². The van der Waals surface area contributed by atoms with Crippen LogP contribution in [0.25, 0.3) is 10.9 Å². The lowest BCUT2D eigenvalue weighted by Crippen LogP contribution is -2.17. The van der Waals surface area contributed by atoms with Crippen LogP contribution >= 0.6 is 0 Å². The number of anilines is 1. The van der Waals surface area contributed by atoms with Crippen molar-refractivity contribution in [1.29, 1.82) is 0 Å². The lowest BCUT2D eigenvalue weighted by atomic mass is 10.1. The third-order valence-electron chi connectivity index (χ3n) is 4.43. The first-order valence-corrected chi connectivity index (χ1v) is 8.82. The second-order valence-corrected chi connectivity index (χ2v) is 6.40. The quantitative estimate of drug-likeness (QED) is 0.542. The zero-order chi connectivity index (χ0) is 19.5. The lowest BCUT2D eigenvalue weighted by Gasteiger charge is -2.09. The molecule has 28 heavy (non-hydrogen) atoms. The van der Waals surface area contributed by atoms with Crippen molar-refractivity contribution in [2.45, 2.75) is 13.8 Å². The van der Waals surface area contributed by atoms with Crippen LogP contribution in [0.2, 0.25) is 0 Å². The molecule has 1 aromatic heterocycles. The highest BCUT2D eigenvalue weighted by atomic mass is 16.7. The Kier molecular flexibility index (Phi) is 4.80. The van der Waals surface area contributed by atoms with E-state index in [4.69, 9.17) is 14.3 Å². The Hall–Kier alpha value is -3.61. The number of hydrogen-bond donors (Lipinski definition) is 1. The van der Waals surface area contributed by atoms with Gasteiger partial charge in [0.2, 0.25) is 6.79 Å². The van der Waals surface area contributed by atoms with Gasteiger partial charge in [0.1, 0.15) is 0 Å². The van der Waals surface area contributed by atoms with E-state index < -0.39 is 0 Å². The summed E-state index contributed by atoms with van der Waals surface area (Å²) in [6.45, 7) is 3.80. The second-order valence-electron chi connectivity index (χ2n) is 6.40. The molecule has 1 aliphatic rings. The summed E-state index contributed by atoms with van der Waals surface area (Å²) in [6, 6.07) is 13.1. The van der Waals surface area contributed by atoms with Crippen LogP contribution in [-0.2, 0) is 9.63 Å². The number of aryl methyl sites for hydroxylation is 1. The normalized spacial score (nSPS) is 12.9. The standard InChI is InChI=1S/C21H19N3O4/c1-13-5-7-17(16-4-3-9-22-21(13)16)23-20(25)11-28-24-14(2)15-6-8-18-19(10-15)27-12-26-18/h3-10H,11-12H2,1-2H3,(H,23,25). The zero-order valence-electron chi connectivity index (χ0n) is 15.6. The summed E-state index contributed by atoms with van der Waals surface area (Å²) in [4.78, 5) is 21.8. The number of fused-ring (bicyclic) bond motifs is 2. The first-order valence-electron chi connectivity index (χ1n) is 8.82. The first kappa shape index (κ1) is 17.8. The topological polar surface area (TPSA) is 82.0 Å². The Bertz CT molecular complexity index is 1080. The maximum atomic E-state index is 12.3. The summed E-state index contributed by atoms with van der Waals surface area (Å²) in [5, 5.41) is 7.76. The van der Waals surface area contributed by atoms with Gasteiger partial charge in [0, 0.05) is 17.1 Å². The number of pyridine rings is 1. The molecule has 2 aromatic carbocycles. The Morgan fingerprint density at radius 3 is 2.96 bits per heavy atom. The minimum atomic E-state index is -0.295. The summed E-state index contributed by atoms with van der Waals surface area (Å²) in [6.07, 6.45) is 1.73. The number of hydrogen-bond acceptors (Lipinski definition) is 6. The van der Waals surface area contributed by atoms with Crippen LogP contribution in [0.5, 0.6) is 11.5 Å². The van der Waals surface area contributed by atoms with Crippen molar-refractivity contribution in [2.75, 3.05) is 18.7 Å². The van der Waals surface area contributed by atoms with E-state index in [1.54, 1.807) is 13.1 Å². The minimum Gasteiger partial charge on any atom is -0.454 e. The molecule has 1 N–H and O–H groups in total. The highest BCUT2D eigenvalue weighted by Crippen LogP contribution is 2.32. The molecule has 0 unspecified atom stereocenters. The molecule has 2 heterocycles. The number of aromatic nitrogens is 1. The summed E-state index contributed by atoms with van der Waals surface area (Å²) in [7, 11) is 0. The van der Waals surface area contributed by atoms with Crippen LogP contribution < -0.4 is 14.8 Å². The van der Waals surface area contributed by atoms with Crippen molar-refractivity contribution in [3.8, 4) is 11.5 Å². The smallest absolute Gasteiger partial charge is 0.265 e. The SMILES string of the molecule is CC(=NOCC(=O)Nc1ccc(C)c2ncccc12)c1ccc2c(c1)OCO2. The van der Waals surface area contributed by atoms with Gasteiger partial charge >= 0.3 is 0 Å². The molecule has 1 aliphatic heterocycles. The molecule has 4 rings (SSSR count). The van der Waals surface area contributed by atoms with E-state index in [0.717, 1.165) is 22.0 Å². The van der Waals surface area contributed by atoms with E-state index in [1.807, 2.05) is 49.4 Å². The molecule has 0 atom stereocenters. The fourth-order valence-electron chi connectivity index (χ4n) is 2.97. The van der Waals surface area contributed by atoms with Gasteiger partial charge in [0.05, 0.1) is 16.9 Å².